The minimum atomic E-state index is -0.458. The predicted molar refractivity (Wildman–Crippen MR) is 103 cm³/mol. The highest BCUT2D eigenvalue weighted by Gasteiger charge is 2.27. The molecule has 0 bridgehead atoms. The van der Waals surface area contributed by atoms with Gasteiger partial charge in [-0.2, -0.15) is 0 Å². The molecule has 1 aliphatic heterocycles. The van der Waals surface area contributed by atoms with E-state index in [1.54, 1.807) is 6.07 Å². The minimum absolute atomic E-state index is 0.250. The quantitative estimate of drug-likeness (QED) is 0.814. The molecular formula is C22H22N2O3. The van der Waals surface area contributed by atoms with E-state index in [1.807, 2.05) is 6.07 Å². The Hall–Kier alpha value is -2.95. The number of nitrogens with one attached hydrogen (secondary N) is 2. The summed E-state index contributed by atoms with van der Waals surface area (Å²) in [4.78, 5) is 36.0. The Labute approximate surface area is 158 Å². The lowest BCUT2D eigenvalue weighted by Crippen LogP contribution is -2.20. The Morgan fingerprint density at radius 2 is 1.89 bits per heavy atom. The average molecular weight is 362 g/mol. The predicted octanol–water partition coefficient (Wildman–Crippen LogP) is 3.73. The lowest BCUT2D eigenvalue weighted by Gasteiger charge is -2.24. The summed E-state index contributed by atoms with van der Waals surface area (Å²) in [6.07, 6.45) is 5.85. The van der Waals surface area contributed by atoms with E-state index in [-0.39, 0.29) is 11.5 Å². The van der Waals surface area contributed by atoms with Crippen LogP contribution in [-0.2, 0) is 12.8 Å². The summed E-state index contributed by atoms with van der Waals surface area (Å²) < 4.78 is 0. The number of aryl methyl sites for hydroxylation is 1. The van der Waals surface area contributed by atoms with Crippen molar-refractivity contribution in [2.75, 3.05) is 5.32 Å². The molecule has 27 heavy (non-hydrogen) atoms. The second kappa shape index (κ2) is 6.99. The number of benzene rings is 2. The molecule has 5 heteroatoms. The summed E-state index contributed by atoms with van der Waals surface area (Å²) in [5.41, 5.74) is 4.37. The van der Waals surface area contributed by atoms with Crippen molar-refractivity contribution >= 4 is 23.4 Å². The Morgan fingerprint density at radius 1 is 1.07 bits per heavy atom. The number of hydrogen-bond donors (Lipinski definition) is 2. The maximum absolute atomic E-state index is 12.6. The molecule has 0 aromatic heterocycles. The molecular weight excluding hydrogens is 340 g/mol. The lowest BCUT2D eigenvalue weighted by atomic mass is 9.81. The van der Waals surface area contributed by atoms with Gasteiger partial charge < -0.3 is 5.32 Å². The number of amides is 3. The molecule has 2 aromatic carbocycles. The molecule has 2 aliphatic rings. The summed E-state index contributed by atoms with van der Waals surface area (Å²) in [6, 6.07) is 10.7. The van der Waals surface area contributed by atoms with E-state index in [4.69, 9.17) is 0 Å². The van der Waals surface area contributed by atoms with Gasteiger partial charge in [0.15, 0.2) is 0 Å². The van der Waals surface area contributed by atoms with E-state index in [0.717, 1.165) is 24.4 Å². The van der Waals surface area contributed by atoms with Gasteiger partial charge in [-0.25, -0.2) is 0 Å². The third-order valence-corrected chi connectivity index (χ3v) is 5.49. The van der Waals surface area contributed by atoms with Crippen molar-refractivity contribution in [3.8, 4) is 0 Å². The van der Waals surface area contributed by atoms with Gasteiger partial charge in [-0.3, -0.25) is 19.7 Å². The average Bonchev–Trinajstić information content (AvgIpc) is 2.95. The number of hydrogen-bond acceptors (Lipinski definition) is 3. The van der Waals surface area contributed by atoms with Gasteiger partial charge in [0.25, 0.3) is 17.7 Å². The number of anilines is 1. The first-order valence-corrected chi connectivity index (χ1v) is 9.48. The molecule has 0 saturated heterocycles. The molecule has 138 valence electrons. The zero-order valence-electron chi connectivity index (χ0n) is 15.3. The fraction of sp³-hybridized carbons (Fsp3) is 0.318. The molecule has 5 nitrogen and oxygen atoms in total. The second-order valence-corrected chi connectivity index (χ2v) is 7.38. The third kappa shape index (κ3) is 3.37. The van der Waals surface area contributed by atoms with Crippen molar-refractivity contribution in [3.05, 3.63) is 64.2 Å². The van der Waals surface area contributed by atoms with Gasteiger partial charge in [0.1, 0.15) is 0 Å². The van der Waals surface area contributed by atoms with Crippen LogP contribution in [0.4, 0.5) is 5.69 Å². The first-order valence-electron chi connectivity index (χ1n) is 9.48. The highest BCUT2D eigenvalue weighted by molar-refractivity contribution is 6.22. The van der Waals surface area contributed by atoms with Crippen LogP contribution in [0, 0.1) is 5.92 Å². The van der Waals surface area contributed by atoms with Crippen molar-refractivity contribution in [1.29, 1.82) is 0 Å². The Kier molecular flexibility index (Phi) is 4.52. The fourth-order valence-corrected chi connectivity index (χ4v) is 4.08. The Bertz CT molecular complexity index is 949. The first kappa shape index (κ1) is 17.5. The van der Waals surface area contributed by atoms with Crippen LogP contribution in [0.25, 0.3) is 0 Å². The number of carbonyl (C=O) groups excluding carboxylic acids is 3. The molecule has 2 N–H and O–H groups in total. The van der Waals surface area contributed by atoms with E-state index in [9.17, 15) is 14.4 Å². The molecule has 0 saturated carbocycles. The summed E-state index contributed by atoms with van der Waals surface area (Å²) in [6.45, 7) is 2.23. The van der Waals surface area contributed by atoms with Crippen molar-refractivity contribution in [2.45, 2.75) is 39.0 Å². The van der Waals surface area contributed by atoms with Crippen LogP contribution in [0.1, 0.15) is 68.4 Å². The third-order valence-electron chi connectivity index (χ3n) is 5.49. The summed E-state index contributed by atoms with van der Waals surface area (Å²) in [7, 11) is 0. The largest absolute Gasteiger partial charge is 0.322 e. The first-order chi connectivity index (χ1) is 13.0. The minimum Gasteiger partial charge on any atom is -0.322 e. The van der Waals surface area contributed by atoms with Gasteiger partial charge in [0, 0.05) is 11.3 Å². The number of rotatable bonds is 4. The van der Waals surface area contributed by atoms with Crippen LogP contribution in [0.5, 0.6) is 0 Å². The zero-order valence-corrected chi connectivity index (χ0v) is 15.3. The van der Waals surface area contributed by atoms with Crippen LogP contribution in [0.15, 0.2) is 36.4 Å². The normalized spacial score (nSPS) is 17.9. The van der Waals surface area contributed by atoms with Crippen LogP contribution < -0.4 is 10.6 Å². The Morgan fingerprint density at radius 3 is 2.70 bits per heavy atom. The van der Waals surface area contributed by atoms with Crippen molar-refractivity contribution in [3.63, 3.8) is 0 Å². The summed E-state index contributed by atoms with van der Waals surface area (Å²) >= 11 is 0. The van der Waals surface area contributed by atoms with Crippen LogP contribution in [-0.4, -0.2) is 17.7 Å². The molecule has 1 aliphatic carbocycles. The van der Waals surface area contributed by atoms with Crippen molar-refractivity contribution in [2.24, 2.45) is 5.92 Å². The maximum atomic E-state index is 12.6. The van der Waals surface area contributed by atoms with Gasteiger partial charge in [-0.05, 0) is 66.6 Å². The van der Waals surface area contributed by atoms with Gasteiger partial charge >= 0.3 is 0 Å². The highest BCUT2D eigenvalue weighted by atomic mass is 16.2. The lowest BCUT2D eigenvalue weighted by molar-refractivity contribution is 0.0879. The molecule has 4 rings (SSSR count). The monoisotopic (exact) mass is 362 g/mol. The van der Waals surface area contributed by atoms with Crippen molar-refractivity contribution < 1.29 is 14.4 Å². The van der Waals surface area contributed by atoms with E-state index in [1.165, 1.54) is 42.5 Å². The highest BCUT2D eigenvalue weighted by Crippen LogP contribution is 2.30. The van der Waals surface area contributed by atoms with Gasteiger partial charge in [-0.1, -0.05) is 25.8 Å². The van der Waals surface area contributed by atoms with E-state index in [0.29, 0.717) is 11.1 Å². The van der Waals surface area contributed by atoms with Crippen LogP contribution in [0.2, 0.25) is 0 Å². The zero-order chi connectivity index (χ0) is 19.0. The fourth-order valence-electron chi connectivity index (χ4n) is 4.08. The van der Waals surface area contributed by atoms with Gasteiger partial charge in [0.2, 0.25) is 0 Å². The number of carbonyl (C=O) groups is 3. The van der Waals surface area contributed by atoms with Crippen LogP contribution >= 0.6 is 0 Å². The molecule has 0 fully saturated rings. The molecule has 3 amide bonds. The molecule has 1 unspecified atom stereocenters. The molecule has 2 aromatic rings. The number of imide groups is 1. The summed E-state index contributed by atoms with van der Waals surface area (Å²) in [5.74, 6) is -0.397. The van der Waals surface area contributed by atoms with Crippen molar-refractivity contribution in [1.82, 2.24) is 5.32 Å². The number of fused-ring (bicyclic) bond motifs is 2. The van der Waals surface area contributed by atoms with Gasteiger partial charge in [0.05, 0.1) is 11.1 Å². The van der Waals surface area contributed by atoms with Crippen LogP contribution in [0.3, 0.4) is 0 Å². The van der Waals surface area contributed by atoms with E-state index in [2.05, 4.69) is 29.7 Å². The second-order valence-electron chi connectivity index (χ2n) is 7.38. The SMILES string of the molecule is CCCC1CCc2cc(NC(=O)c3ccc4c(c3)C(=O)NC4=O)ccc2C1. The maximum Gasteiger partial charge on any atom is 0.258 e. The molecule has 1 heterocycles. The van der Waals surface area contributed by atoms with E-state index < -0.39 is 11.8 Å². The molecule has 0 spiro atoms. The topological polar surface area (TPSA) is 75.3 Å². The Balaban J connectivity index is 1.50. The van der Waals surface area contributed by atoms with E-state index >= 15 is 0 Å². The molecule has 1 atom stereocenters. The standard InChI is InChI=1S/C22H22N2O3/c1-2-3-13-4-5-15-11-17(8-6-14(15)10-13)23-20(25)16-7-9-18-19(12-16)22(27)24-21(18)26/h6-9,11-13H,2-5,10H2,1H3,(H,23,25)(H,24,26,27). The van der Waals surface area contributed by atoms with Gasteiger partial charge in [-0.15, -0.1) is 0 Å². The smallest absolute Gasteiger partial charge is 0.258 e. The summed E-state index contributed by atoms with van der Waals surface area (Å²) in [5, 5.41) is 5.14. The molecule has 0 radical (unpaired) electrons.